The van der Waals surface area contributed by atoms with E-state index in [1.165, 1.54) is 0 Å². The molecular weight excluding hydrogens is 248 g/mol. The molecule has 0 saturated heterocycles. The molecular formula is C13H20N2O2S. The number of hydrogen-bond donors (Lipinski definition) is 2. The van der Waals surface area contributed by atoms with Crippen LogP contribution in [0.1, 0.15) is 44.2 Å². The van der Waals surface area contributed by atoms with Gasteiger partial charge in [0.25, 0.3) is 0 Å². The van der Waals surface area contributed by atoms with Gasteiger partial charge in [-0.05, 0) is 31.4 Å². The molecule has 1 aliphatic rings. The van der Waals surface area contributed by atoms with Gasteiger partial charge in [-0.3, -0.25) is 0 Å². The second-order valence-corrected chi connectivity index (χ2v) is 6.91. The Morgan fingerprint density at radius 1 is 1.28 bits per heavy atom. The van der Waals surface area contributed by atoms with Crippen molar-refractivity contribution in [2.75, 3.05) is 5.73 Å². The molecule has 0 aromatic heterocycles. The minimum atomic E-state index is -3.23. The Morgan fingerprint density at radius 2 is 1.89 bits per heavy atom. The molecule has 5 heteroatoms. The summed E-state index contributed by atoms with van der Waals surface area (Å²) in [5, 5.41) is -0.232. The number of hydrogen-bond acceptors (Lipinski definition) is 3. The Bertz CT molecular complexity index is 507. The van der Waals surface area contributed by atoms with Crippen LogP contribution in [-0.2, 0) is 10.0 Å². The number of nitrogen functional groups attached to an aromatic ring is 1. The van der Waals surface area contributed by atoms with Gasteiger partial charge in [0.15, 0.2) is 0 Å². The summed E-state index contributed by atoms with van der Waals surface area (Å²) in [4.78, 5) is 0. The summed E-state index contributed by atoms with van der Waals surface area (Å²) in [5.41, 5.74) is 7.32. The summed E-state index contributed by atoms with van der Waals surface area (Å²) in [7, 11) is -3.23. The first kappa shape index (κ1) is 13.4. The van der Waals surface area contributed by atoms with Gasteiger partial charge in [0.05, 0.1) is 5.25 Å². The van der Waals surface area contributed by atoms with E-state index in [1.54, 1.807) is 6.07 Å². The molecule has 4 nitrogen and oxygen atoms in total. The van der Waals surface area contributed by atoms with Crippen LogP contribution >= 0.6 is 0 Å². The molecule has 0 radical (unpaired) electrons. The van der Waals surface area contributed by atoms with E-state index in [9.17, 15) is 8.42 Å². The van der Waals surface area contributed by atoms with Gasteiger partial charge in [-0.1, -0.05) is 31.0 Å². The van der Waals surface area contributed by atoms with E-state index in [1.807, 2.05) is 25.1 Å². The molecule has 1 aliphatic carbocycles. The second kappa shape index (κ2) is 5.28. The summed E-state index contributed by atoms with van der Waals surface area (Å²) in [5.74, 6) is 0. The molecule has 1 saturated carbocycles. The van der Waals surface area contributed by atoms with Crippen molar-refractivity contribution in [2.24, 2.45) is 0 Å². The largest absolute Gasteiger partial charge is 0.398 e. The summed E-state index contributed by atoms with van der Waals surface area (Å²) in [6, 6.07) is 7.08. The standard InChI is InChI=1S/C13H20N2O2S/c1-10(12-8-4-5-9-13(12)14)15-18(16,17)11-6-2-3-7-11/h4-5,8-11,15H,2-3,6-7,14H2,1H3. The summed E-state index contributed by atoms with van der Waals surface area (Å²) in [6.45, 7) is 1.83. The summed E-state index contributed by atoms with van der Waals surface area (Å²) in [6.07, 6.45) is 3.56. The zero-order valence-corrected chi connectivity index (χ0v) is 11.4. The van der Waals surface area contributed by atoms with Crippen molar-refractivity contribution in [1.82, 2.24) is 4.72 Å². The van der Waals surface area contributed by atoms with Gasteiger partial charge < -0.3 is 5.73 Å². The maximum atomic E-state index is 12.2. The molecule has 0 bridgehead atoms. The lowest BCUT2D eigenvalue weighted by Crippen LogP contribution is -2.34. The number of nitrogens with one attached hydrogen (secondary N) is 1. The highest BCUT2D eigenvalue weighted by Crippen LogP contribution is 2.27. The van der Waals surface area contributed by atoms with Crippen LogP contribution in [0.5, 0.6) is 0 Å². The van der Waals surface area contributed by atoms with E-state index < -0.39 is 10.0 Å². The number of anilines is 1. The van der Waals surface area contributed by atoms with E-state index in [-0.39, 0.29) is 11.3 Å². The molecule has 2 rings (SSSR count). The minimum absolute atomic E-state index is 0.232. The molecule has 18 heavy (non-hydrogen) atoms. The van der Waals surface area contributed by atoms with Gasteiger partial charge in [0.1, 0.15) is 0 Å². The van der Waals surface area contributed by atoms with Crippen LogP contribution < -0.4 is 10.5 Å². The molecule has 1 aromatic carbocycles. The number of para-hydroxylation sites is 1. The van der Waals surface area contributed by atoms with Gasteiger partial charge in [0, 0.05) is 11.7 Å². The van der Waals surface area contributed by atoms with E-state index in [2.05, 4.69) is 4.72 Å². The van der Waals surface area contributed by atoms with Crippen molar-refractivity contribution >= 4 is 15.7 Å². The van der Waals surface area contributed by atoms with E-state index in [0.29, 0.717) is 5.69 Å². The summed E-state index contributed by atoms with van der Waals surface area (Å²) >= 11 is 0. The first-order valence-corrected chi connectivity index (χ1v) is 7.91. The van der Waals surface area contributed by atoms with Crippen LogP contribution in [0.15, 0.2) is 24.3 Å². The monoisotopic (exact) mass is 268 g/mol. The zero-order chi connectivity index (χ0) is 13.2. The van der Waals surface area contributed by atoms with E-state index >= 15 is 0 Å². The van der Waals surface area contributed by atoms with Gasteiger partial charge in [-0.15, -0.1) is 0 Å². The van der Waals surface area contributed by atoms with Crippen LogP contribution in [0.4, 0.5) is 5.69 Å². The van der Waals surface area contributed by atoms with Gasteiger partial charge in [-0.25, -0.2) is 13.1 Å². The fourth-order valence-corrected chi connectivity index (χ4v) is 4.28. The van der Waals surface area contributed by atoms with Crippen LogP contribution in [-0.4, -0.2) is 13.7 Å². The zero-order valence-electron chi connectivity index (χ0n) is 10.6. The maximum absolute atomic E-state index is 12.2. The second-order valence-electron chi connectivity index (χ2n) is 4.92. The normalized spacial score (nSPS) is 18.9. The van der Waals surface area contributed by atoms with Gasteiger partial charge in [0.2, 0.25) is 10.0 Å². The number of sulfonamides is 1. The quantitative estimate of drug-likeness (QED) is 0.822. The third-order valence-electron chi connectivity index (χ3n) is 3.54. The molecule has 1 aromatic rings. The molecule has 0 amide bonds. The average Bonchev–Trinajstić information content (AvgIpc) is 2.82. The van der Waals surface area contributed by atoms with Crippen LogP contribution in [0.25, 0.3) is 0 Å². The molecule has 1 atom stereocenters. The Kier molecular flexibility index (Phi) is 3.92. The van der Waals surface area contributed by atoms with Gasteiger partial charge in [-0.2, -0.15) is 0 Å². The van der Waals surface area contributed by atoms with Crippen LogP contribution in [0, 0.1) is 0 Å². The maximum Gasteiger partial charge on any atom is 0.215 e. The first-order chi connectivity index (χ1) is 8.50. The fourth-order valence-electron chi connectivity index (χ4n) is 2.51. The highest BCUT2D eigenvalue weighted by Gasteiger charge is 2.30. The Balaban J connectivity index is 2.11. The third kappa shape index (κ3) is 2.84. The number of nitrogens with two attached hydrogens (primary N) is 1. The lowest BCUT2D eigenvalue weighted by Gasteiger charge is -2.19. The van der Waals surface area contributed by atoms with Gasteiger partial charge >= 0.3 is 0 Å². The van der Waals surface area contributed by atoms with Crippen molar-refractivity contribution in [3.8, 4) is 0 Å². The number of benzene rings is 1. The molecule has 3 N–H and O–H groups in total. The fraction of sp³-hybridized carbons (Fsp3) is 0.538. The first-order valence-electron chi connectivity index (χ1n) is 6.36. The van der Waals surface area contributed by atoms with Crippen molar-refractivity contribution in [3.05, 3.63) is 29.8 Å². The molecule has 1 unspecified atom stereocenters. The molecule has 1 fully saturated rings. The Labute approximate surface area is 109 Å². The van der Waals surface area contributed by atoms with Crippen LogP contribution in [0.2, 0.25) is 0 Å². The average molecular weight is 268 g/mol. The topological polar surface area (TPSA) is 72.2 Å². The smallest absolute Gasteiger partial charge is 0.215 e. The van der Waals surface area contributed by atoms with E-state index in [0.717, 1.165) is 31.2 Å². The molecule has 0 heterocycles. The minimum Gasteiger partial charge on any atom is -0.398 e. The lowest BCUT2D eigenvalue weighted by atomic mass is 10.1. The van der Waals surface area contributed by atoms with E-state index in [4.69, 9.17) is 5.73 Å². The molecule has 0 spiro atoms. The number of rotatable bonds is 4. The molecule has 100 valence electrons. The van der Waals surface area contributed by atoms with Crippen molar-refractivity contribution in [3.63, 3.8) is 0 Å². The Hall–Kier alpha value is -1.07. The van der Waals surface area contributed by atoms with Crippen molar-refractivity contribution < 1.29 is 8.42 Å². The third-order valence-corrected chi connectivity index (χ3v) is 5.58. The SMILES string of the molecule is CC(NS(=O)(=O)C1CCCC1)c1ccccc1N. The van der Waals surface area contributed by atoms with Crippen molar-refractivity contribution in [1.29, 1.82) is 0 Å². The highest BCUT2D eigenvalue weighted by atomic mass is 32.2. The predicted octanol–water partition coefficient (Wildman–Crippen LogP) is 2.19. The lowest BCUT2D eigenvalue weighted by molar-refractivity contribution is 0.551. The van der Waals surface area contributed by atoms with Crippen LogP contribution in [0.3, 0.4) is 0 Å². The Morgan fingerprint density at radius 3 is 2.50 bits per heavy atom. The summed E-state index contributed by atoms with van der Waals surface area (Å²) < 4.78 is 27.1. The molecule has 0 aliphatic heterocycles. The highest BCUT2D eigenvalue weighted by molar-refractivity contribution is 7.90. The predicted molar refractivity (Wildman–Crippen MR) is 73.6 cm³/mol. The van der Waals surface area contributed by atoms with Crippen molar-refractivity contribution in [2.45, 2.75) is 43.9 Å².